The molecule has 7 nitrogen and oxygen atoms in total. The van der Waals surface area contributed by atoms with Gasteiger partial charge in [0.15, 0.2) is 0 Å². The van der Waals surface area contributed by atoms with Crippen LogP contribution in [-0.4, -0.2) is 24.5 Å². The average Bonchev–Trinajstić information content (AvgIpc) is 3.31. The van der Waals surface area contributed by atoms with E-state index in [1.165, 1.54) is 28.2 Å². The van der Waals surface area contributed by atoms with Gasteiger partial charge in [-0.25, -0.2) is 9.36 Å². The van der Waals surface area contributed by atoms with Crippen molar-refractivity contribution in [3.05, 3.63) is 88.2 Å². The van der Waals surface area contributed by atoms with Gasteiger partial charge < -0.3 is 0 Å². The van der Waals surface area contributed by atoms with Crippen LogP contribution in [0.25, 0.3) is 22.5 Å². The fourth-order valence-corrected chi connectivity index (χ4v) is 3.01. The van der Waals surface area contributed by atoms with Gasteiger partial charge in [-0.3, -0.25) is 10.1 Å². The van der Waals surface area contributed by atoms with Crippen LogP contribution < -0.4 is 0 Å². The molecule has 0 aliphatic rings. The lowest BCUT2D eigenvalue weighted by atomic mass is 10.1. The largest absolute Gasteiger partial charge is 0.307 e. The first-order valence-corrected chi connectivity index (χ1v) is 8.88. The minimum atomic E-state index is -0.453. The van der Waals surface area contributed by atoms with Crippen LogP contribution in [0.1, 0.15) is 11.1 Å². The fraction of sp³-hybridized carbons (Fsp3) is 0.143. The second-order valence-electron chi connectivity index (χ2n) is 6.78. The maximum absolute atomic E-state index is 10.9. The zero-order valence-corrected chi connectivity index (χ0v) is 15.6. The summed E-state index contributed by atoms with van der Waals surface area (Å²) in [4.78, 5) is 10.5. The Hall–Kier alpha value is -3.74. The molecular weight excluding hydrogens is 354 g/mol. The Labute approximate surface area is 162 Å². The van der Waals surface area contributed by atoms with Crippen LogP contribution >= 0.6 is 0 Å². The SMILES string of the molecule is Cc1ccc(-c2cc(-c3ccc(C)cc3)n(Cn3cc([N+](=O)[O-])cn3)n2)cc1. The van der Waals surface area contributed by atoms with Crippen molar-refractivity contribution >= 4 is 5.69 Å². The van der Waals surface area contributed by atoms with Crippen molar-refractivity contribution in [3.63, 3.8) is 0 Å². The van der Waals surface area contributed by atoms with Crippen LogP contribution in [0.5, 0.6) is 0 Å². The molecule has 0 aliphatic heterocycles. The highest BCUT2D eigenvalue weighted by molar-refractivity contribution is 5.69. The van der Waals surface area contributed by atoms with Gasteiger partial charge in [-0.15, -0.1) is 0 Å². The van der Waals surface area contributed by atoms with Crippen molar-refractivity contribution in [3.8, 4) is 22.5 Å². The molecule has 0 atom stereocenters. The monoisotopic (exact) mass is 373 g/mol. The molecule has 0 bridgehead atoms. The molecule has 0 spiro atoms. The smallest absolute Gasteiger partial charge is 0.258 e. The molecule has 7 heteroatoms. The van der Waals surface area contributed by atoms with Gasteiger partial charge in [-0.05, 0) is 25.5 Å². The zero-order valence-electron chi connectivity index (χ0n) is 15.6. The second-order valence-corrected chi connectivity index (χ2v) is 6.78. The second kappa shape index (κ2) is 7.11. The Morgan fingerprint density at radius 2 is 1.57 bits per heavy atom. The quantitative estimate of drug-likeness (QED) is 0.382. The molecule has 4 rings (SSSR count). The van der Waals surface area contributed by atoms with Crippen molar-refractivity contribution in [1.29, 1.82) is 0 Å². The predicted molar refractivity (Wildman–Crippen MR) is 107 cm³/mol. The van der Waals surface area contributed by atoms with Crippen molar-refractivity contribution < 1.29 is 4.92 Å². The number of nitro groups is 1. The third-order valence-electron chi connectivity index (χ3n) is 4.58. The van der Waals surface area contributed by atoms with E-state index in [2.05, 4.69) is 29.4 Å². The van der Waals surface area contributed by atoms with Gasteiger partial charge in [0, 0.05) is 5.56 Å². The maximum Gasteiger partial charge on any atom is 0.307 e. The molecule has 0 fully saturated rings. The first-order valence-electron chi connectivity index (χ1n) is 8.88. The number of nitrogens with zero attached hydrogens (tertiary/aromatic N) is 5. The first kappa shape index (κ1) is 17.7. The molecule has 0 N–H and O–H groups in total. The lowest BCUT2D eigenvalue weighted by Gasteiger charge is -2.07. The normalized spacial score (nSPS) is 10.9. The molecular formula is C21H19N5O2. The molecule has 0 saturated carbocycles. The van der Waals surface area contributed by atoms with E-state index in [4.69, 9.17) is 5.10 Å². The summed E-state index contributed by atoms with van der Waals surface area (Å²) in [6.45, 7) is 4.37. The van der Waals surface area contributed by atoms with E-state index < -0.39 is 4.92 Å². The van der Waals surface area contributed by atoms with E-state index in [1.54, 1.807) is 0 Å². The van der Waals surface area contributed by atoms with Gasteiger partial charge in [-0.2, -0.15) is 10.2 Å². The number of rotatable bonds is 5. The Morgan fingerprint density at radius 1 is 0.964 bits per heavy atom. The van der Waals surface area contributed by atoms with Crippen molar-refractivity contribution in [2.75, 3.05) is 0 Å². The molecule has 2 heterocycles. The Balaban J connectivity index is 1.76. The Bertz CT molecular complexity index is 1120. The van der Waals surface area contributed by atoms with E-state index in [1.807, 2.05) is 48.9 Å². The molecule has 0 amide bonds. The summed E-state index contributed by atoms with van der Waals surface area (Å²) in [5.74, 6) is 0. The Morgan fingerprint density at radius 3 is 2.14 bits per heavy atom. The van der Waals surface area contributed by atoms with Gasteiger partial charge in [0.25, 0.3) is 0 Å². The molecule has 4 aromatic rings. The molecule has 0 aliphatic carbocycles. The molecule has 2 aromatic carbocycles. The molecule has 0 unspecified atom stereocenters. The van der Waals surface area contributed by atoms with Crippen LogP contribution in [0.3, 0.4) is 0 Å². The number of hydrogen-bond acceptors (Lipinski definition) is 4. The number of aromatic nitrogens is 4. The van der Waals surface area contributed by atoms with E-state index in [9.17, 15) is 10.1 Å². The topological polar surface area (TPSA) is 78.8 Å². The van der Waals surface area contributed by atoms with E-state index >= 15 is 0 Å². The molecule has 28 heavy (non-hydrogen) atoms. The predicted octanol–water partition coefficient (Wildman–Crippen LogP) is 4.44. The summed E-state index contributed by atoms with van der Waals surface area (Å²) in [6.07, 6.45) is 2.65. The van der Waals surface area contributed by atoms with Crippen LogP contribution in [-0.2, 0) is 6.67 Å². The third kappa shape index (κ3) is 3.55. The number of benzene rings is 2. The summed E-state index contributed by atoms with van der Waals surface area (Å²) < 4.78 is 3.33. The van der Waals surface area contributed by atoms with E-state index in [0.717, 1.165) is 22.5 Å². The van der Waals surface area contributed by atoms with Crippen LogP contribution in [0.15, 0.2) is 67.0 Å². The van der Waals surface area contributed by atoms with Crippen molar-refractivity contribution in [2.24, 2.45) is 0 Å². The highest BCUT2D eigenvalue weighted by Gasteiger charge is 2.14. The summed E-state index contributed by atoms with van der Waals surface area (Å²) >= 11 is 0. The summed E-state index contributed by atoms with van der Waals surface area (Å²) in [5.41, 5.74) is 6.14. The number of hydrogen-bond donors (Lipinski definition) is 0. The fourth-order valence-electron chi connectivity index (χ4n) is 3.01. The standard InChI is InChI=1S/C21H19N5O2/c1-15-3-7-17(8-4-15)20-11-21(18-9-5-16(2)6-10-18)25(23-20)14-24-13-19(12-22-24)26(27)28/h3-13H,14H2,1-2H3. The Kier molecular flexibility index (Phi) is 4.49. The van der Waals surface area contributed by atoms with Crippen LogP contribution in [0.4, 0.5) is 5.69 Å². The molecule has 140 valence electrons. The van der Waals surface area contributed by atoms with Gasteiger partial charge >= 0.3 is 5.69 Å². The summed E-state index contributed by atoms with van der Waals surface area (Å²) in [7, 11) is 0. The summed E-state index contributed by atoms with van der Waals surface area (Å²) in [5, 5.41) is 19.8. The summed E-state index contributed by atoms with van der Waals surface area (Å²) in [6, 6.07) is 18.4. The van der Waals surface area contributed by atoms with E-state index in [0.29, 0.717) is 0 Å². The highest BCUT2D eigenvalue weighted by Crippen LogP contribution is 2.27. The van der Waals surface area contributed by atoms with Gasteiger partial charge in [0.1, 0.15) is 19.1 Å². The van der Waals surface area contributed by atoms with Crippen molar-refractivity contribution in [1.82, 2.24) is 19.6 Å². The van der Waals surface area contributed by atoms with Gasteiger partial charge in [-0.1, -0.05) is 59.7 Å². The minimum absolute atomic E-state index is 0.0391. The highest BCUT2D eigenvalue weighted by atomic mass is 16.6. The lowest BCUT2D eigenvalue weighted by molar-refractivity contribution is -0.385. The van der Waals surface area contributed by atoms with Crippen molar-refractivity contribution in [2.45, 2.75) is 20.5 Å². The molecule has 2 aromatic heterocycles. The third-order valence-corrected chi connectivity index (χ3v) is 4.58. The van der Waals surface area contributed by atoms with Crippen LogP contribution in [0, 0.1) is 24.0 Å². The van der Waals surface area contributed by atoms with E-state index in [-0.39, 0.29) is 12.4 Å². The average molecular weight is 373 g/mol. The van der Waals surface area contributed by atoms with Gasteiger partial charge in [0.2, 0.25) is 0 Å². The first-order chi connectivity index (χ1) is 13.5. The van der Waals surface area contributed by atoms with Gasteiger partial charge in [0.05, 0.1) is 16.3 Å². The number of aryl methyl sites for hydroxylation is 2. The molecule has 0 saturated heterocycles. The lowest BCUT2D eigenvalue weighted by Crippen LogP contribution is -2.11. The maximum atomic E-state index is 10.9. The zero-order chi connectivity index (χ0) is 19.7. The molecule has 0 radical (unpaired) electrons. The minimum Gasteiger partial charge on any atom is -0.258 e. The van der Waals surface area contributed by atoms with Crippen LogP contribution in [0.2, 0.25) is 0 Å².